The number of fused-ring (bicyclic) bond motifs is 1. The molecule has 2 aromatic rings. The van der Waals surface area contributed by atoms with Gasteiger partial charge in [0.1, 0.15) is 24.7 Å². The summed E-state index contributed by atoms with van der Waals surface area (Å²) in [5.74, 6) is 2.19. The molecule has 1 aliphatic heterocycles. The van der Waals surface area contributed by atoms with Gasteiger partial charge in [-0.15, -0.1) is 0 Å². The molecule has 126 valence electrons. The van der Waals surface area contributed by atoms with E-state index in [0.717, 1.165) is 5.56 Å². The largest absolute Gasteiger partial charge is 0.495 e. The SMILES string of the molecule is COc1ccc(C)cc1NC(=O)COc1ccc2c(c1)OCCO2. The Labute approximate surface area is 140 Å². The van der Waals surface area contributed by atoms with Gasteiger partial charge in [-0.05, 0) is 36.8 Å². The van der Waals surface area contributed by atoms with E-state index in [1.807, 2.05) is 25.1 Å². The van der Waals surface area contributed by atoms with Gasteiger partial charge in [0.2, 0.25) is 0 Å². The topological polar surface area (TPSA) is 66.0 Å². The van der Waals surface area contributed by atoms with Gasteiger partial charge in [-0.1, -0.05) is 6.07 Å². The number of benzene rings is 2. The molecule has 1 heterocycles. The summed E-state index contributed by atoms with van der Waals surface area (Å²) in [6.45, 7) is 2.87. The number of anilines is 1. The minimum Gasteiger partial charge on any atom is -0.495 e. The van der Waals surface area contributed by atoms with Crippen molar-refractivity contribution in [2.45, 2.75) is 6.92 Å². The van der Waals surface area contributed by atoms with Gasteiger partial charge < -0.3 is 24.3 Å². The van der Waals surface area contributed by atoms with E-state index in [1.165, 1.54) is 0 Å². The van der Waals surface area contributed by atoms with Gasteiger partial charge in [0.15, 0.2) is 18.1 Å². The zero-order chi connectivity index (χ0) is 16.9. The molecule has 3 rings (SSSR count). The Kier molecular flexibility index (Phi) is 4.74. The van der Waals surface area contributed by atoms with Gasteiger partial charge in [-0.25, -0.2) is 0 Å². The minimum absolute atomic E-state index is 0.114. The Hall–Kier alpha value is -2.89. The molecule has 0 fully saturated rings. The standard InChI is InChI=1S/C18H19NO5/c1-12-3-5-15(21-2)14(9-12)19-18(20)11-24-13-4-6-16-17(10-13)23-8-7-22-16/h3-6,9-10H,7-8,11H2,1-2H3,(H,19,20). The second kappa shape index (κ2) is 7.12. The fourth-order valence-electron chi connectivity index (χ4n) is 2.37. The maximum Gasteiger partial charge on any atom is 0.262 e. The lowest BCUT2D eigenvalue weighted by Gasteiger charge is -2.19. The number of hydrogen-bond donors (Lipinski definition) is 1. The van der Waals surface area contributed by atoms with Gasteiger partial charge in [0, 0.05) is 6.07 Å². The van der Waals surface area contributed by atoms with Crippen molar-refractivity contribution in [1.82, 2.24) is 0 Å². The molecule has 0 saturated carbocycles. The summed E-state index contributed by atoms with van der Waals surface area (Å²) < 4.78 is 21.7. The van der Waals surface area contributed by atoms with Crippen molar-refractivity contribution in [3.63, 3.8) is 0 Å². The average molecular weight is 329 g/mol. The van der Waals surface area contributed by atoms with Gasteiger partial charge in [-0.3, -0.25) is 4.79 Å². The van der Waals surface area contributed by atoms with E-state index in [0.29, 0.717) is 41.9 Å². The van der Waals surface area contributed by atoms with Crippen molar-refractivity contribution in [2.75, 3.05) is 32.2 Å². The molecule has 0 aliphatic carbocycles. The predicted octanol–water partition coefficient (Wildman–Crippen LogP) is 2.79. The molecule has 0 aromatic heterocycles. The van der Waals surface area contributed by atoms with Gasteiger partial charge >= 0.3 is 0 Å². The number of ether oxygens (including phenoxy) is 4. The van der Waals surface area contributed by atoms with Crippen LogP contribution in [0.25, 0.3) is 0 Å². The van der Waals surface area contributed by atoms with Crippen molar-refractivity contribution in [3.8, 4) is 23.0 Å². The van der Waals surface area contributed by atoms with Crippen molar-refractivity contribution in [3.05, 3.63) is 42.0 Å². The zero-order valence-electron chi connectivity index (χ0n) is 13.6. The van der Waals surface area contributed by atoms with Crippen LogP contribution in [0.15, 0.2) is 36.4 Å². The highest BCUT2D eigenvalue weighted by atomic mass is 16.6. The van der Waals surface area contributed by atoms with Gasteiger partial charge in [0.05, 0.1) is 12.8 Å². The lowest BCUT2D eigenvalue weighted by molar-refractivity contribution is -0.118. The summed E-state index contributed by atoms with van der Waals surface area (Å²) in [6, 6.07) is 10.8. The monoisotopic (exact) mass is 329 g/mol. The van der Waals surface area contributed by atoms with Crippen LogP contribution in [0.4, 0.5) is 5.69 Å². The van der Waals surface area contributed by atoms with Crippen LogP contribution in [0.1, 0.15) is 5.56 Å². The first kappa shape index (κ1) is 16.0. The van der Waals surface area contributed by atoms with E-state index in [4.69, 9.17) is 18.9 Å². The molecule has 0 radical (unpaired) electrons. The Bertz CT molecular complexity index is 744. The number of hydrogen-bond acceptors (Lipinski definition) is 5. The molecule has 6 nitrogen and oxygen atoms in total. The summed E-state index contributed by atoms with van der Waals surface area (Å²) in [4.78, 5) is 12.1. The van der Waals surface area contributed by atoms with E-state index >= 15 is 0 Å². The quantitative estimate of drug-likeness (QED) is 0.914. The average Bonchev–Trinajstić information content (AvgIpc) is 2.60. The Morgan fingerprint density at radius 1 is 1.12 bits per heavy atom. The first-order chi connectivity index (χ1) is 11.7. The third-order valence-electron chi connectivity index (χ3n) is 3.51. The van der Waals surface area contributed by atoms with E-state index in [1.54, 1.807) is 25.3 Å². The summed E-state index contributed by atoms with van der Waals surface area (Å²) in [7, 11) is 1.56. The summed E-state index contributed by atoms with van der Waals surface area (Å²) >= 11 is 0. The molecule has 0 saturated heterocycles. The van der Waals surface area contributed by atoms with E-state index in [9.17, 15) is 4.79 Å². The molecule has 2 aromatic carbocycles. The molecule has 0 unspecified atom stereocenters. The number of amides is 1. The lowest BCUT2D eigenvalue weighted by Crippen LogP contribution is -2.21. The van der Waals surface area contributed by atoms with Crippen molar-refractivity contribution >= 4 is 11.6 Å². The predicted molar refractivity (Wildman–Crippen MR) is 89.3 cm³/mol. The van der Waals surface area contributed by atoms with Crippen molar-refractivity contribution < 1.29 is 23.7 Å². The number of rotatable bonds is 5. The van der Waals surface area contributed by atoms with Crippen molar-refractivity contribution in [1.29, 1.82) is 0 Å². The fraction of sp³-hybridized carbons (Fsp3) is 0.278. The zero-order valence-corrected chi connectivity index (χ0v) is 13.6. The Morgan fingerprint density at radius 2 is 1.92 bits per heavy atom. The van der Waals surface area contributed by atoms with Crippen LogP contribution in [-0.4, -0.2) is 32.8 Å². The molecule has 1 aliphatic rings. The number of aryl methyl sites for hydroxylation is 1. The van der Waals surface area contributed by atoms with Crippen LogP contribution in [-0.2, 0) is 4.79 Å². The number of nitrogens with one attached hydrogen (secondary N) is 1. The second-order valence-corrected chi connectivity index (χ2v) is 5.35. The molecule has 1 N–H and O–H groups in total. The van der Waals surface area contributed by atoms with Crippen LogP contribution in [0.3, 0.4) is 0 Å². The molecule has 0 atom stereocenters. The van der Waals surface area contributed by atoms with E-state index in [-0.39, 0.29) is 12.5 Å². The van der Waals surface area contributed by atoms with Gasteiger partial charge in [0.25, 0.3) is 5.91 Å². The highest BCUT2D eigenvalue weighted by molar-refractivity contribution is 5.93. The van der Waals surface area contributed by atoms with Crippen LogP contribution in [0.2, 0.25) is 0 Å². The smallest absolute Gasteiger partial charge is 0.262 e. The first-order valence-corrected chi connectivity index (χ1v) is 7.62. The maximum absolute atomic E-state index is 12.1. The summed E-state index contributed by atoms with van der Waals surface area (Å²) in [5.41, 5.74) is 1.65. The molecule has 24 heavy (non-hydrogen) atoms. The second-order valence-electron chi connectivity index (χ2n) is 5.35. The van der Waals surface area contributed by atoms with Crippen LogP contribution >= 0.6 is 0 Å². The van der Waals surface area contributed by atoms with E-state index < -0.39 is 0 Å². The maximum atomic E-state index is 12.1. The van der Waals surface area contributed by atoms with Crippen LogP contribution in [0, 0.1) is 6.92 Å². The first-order valence-electron chi connectivity index (χ1n) is 7.62. The fourth-order valence-corrected chi connectivity index (χ4v) is 2.37. The van der Waals surface area contributed by atoms with E-state index in [2.05, 4.69) is 5.32 Å². The molecule has 1 amide bonds. The number of carbonyl (C=O) groups is 1. The van der Waals surface area contributed by atoms with Crippen molar-refractivity contribution in [2.24, 2.45) is 0 Å². The highest BCUT2D eigenvalue weighted by Gasteiger charge is 2.13. The molecule has 0 bridgehead atoms. The molecular weight excluding hydrogens is 310 g/mol. The van der Waals surface area contributed by atoms with Gasteiger partial charge in [-0.2, -0.15) is 0 Å². The van der Waals surface area contributed by atoms with Crippen LogP contribution in [0.5, 0.6) is 23.0 Å². The highest BCUT2D eigenvalue weighted by Crippen LogP contribution is 2.33. The minimum atomic E-state index is -0.270. The molecule has 6 heteroatoms. The third-order valence-corrected chi connectivity index (χ3v) is 3.51. The third kappa shape index (κ3) is 3.71. The number of carbonyl (C=O) groups excluding carboxylic acids is 1. The summed E-state index contributed by atoms with van der Waals surface area (Å²) in [6.07, 6.45) is 0. The number of methoxy groups -OCH3 is 1. The Balaban J connectivity index is 1.61. The summed E-state index contributed by atoms with van der Waals surface area (Å²) in [5, 5.41) is 2.79. The van der Waals surface area contributed by atoms with Crippen LogP contribution < -0.4 is 24.3 Å². The lowest BCUT2D eigenvalue weighted by atomic mass is 10.2. The Morgan fingerprint density at radius 3 is 2.71 bits per heavy atom. The normalized spacial score (nSPS) is 12.4. The molecule has 0 spiro atoms. The molecular formula is C18H19NO5.